The average molecular weight is 569 g/mol. The molecule has 1 atom stereocenters. The smallest absolute Gasteiger partial charge is 0.410 e. The summed E-state index contributed by atoms with van der Waals surface area (Å²) in [5.41, 5.74) is -1.79. The van der Waals surface area contributed by atoms with Gasteiger partial charge in [0.05, 0.1) is 37.2 Å². The molecule has 3 aromatic rings. The van der Waals surface area contributed by atoms with Crippen molar-refractivity contribution in [2.24, 2.45) is 0 Å². The van der Waals surface area contributed by atoms with Gasteiger partial charge in [-0.15, -0.1) is 0 Å². The fraction of sp³-hybridized carbons (Fsp3) is 0.448. The van der Waals surface area contributed by atoms with E-state index in [0.717, 1.165) is 12.1 Å². The van der Waals surface area contributed by atoms with E-state index >= 15 is 0 Å². The van der Waals surface area contributed by atoms with Crippen molar-refractivity contribution >= 4 is 17.0 Å². The summed E-state index contributed by atoms with van der Waals surface area (Å²) >= 11 is 0. The molecule has 3 heterocycles. The van der Waals surface area contributed by atoms with Crippen LogP contribution in [0.2, 0.25) is 0 Å². The third-order valence-electron chi connectivity index (χ3n) is 7.37. The highest BCUT2D eigenvalue weighted by atomic mass is 19.1. The number of piperidine rings is 1. The monoisotopic (exact) mass is 568 g/mol. The van der Waals surface area contributed by atoms with Gasteiger partial charge < -0.3 is 23.8 Å². The average Bonchev–Trinajstić information content (AvgIpc) is 3.33. The Morgan fingerprint density at radius 2 is 1.85 bits per heavy atom. The van der Waals surface area contributed by atoms with E-state index in [9.17, 15) is 23.6 Å². The molecule has 2 aromatic carbocycles. The van der Waals surface area contributed by atoms with E-state index in [2.05, 4.69) is 4.98 Å². The van der Waals surface area contributed by atoms with Crippen LogP contribution < -0.4 is 15.0 Å². The molecule has 1 amide bonds. The van der Waals surface area contributed by atoms with E-state index in [0.29, 0.717) is 37.9 Å². The predicted octanol–water partition coefficient (Wildman–Crippen LogP) is 5.08. The van der Waals surface area contributed by atoms with E-state index in [1.807, 2.05) is 20.8 Å². The predicted molar refractivity (Wildman–Crippen MR) is 143 cm³/mol. The molecule has 0 N–H and O–H groups in total. The molecule has 41 heavy (non-hydrogen) atoms. The number of benzene rings is 2. The third kappa shape index (κ3) is 5.41. The maximum atomic E-state index is 14.5. The van der Waals surface area contributed by atoms with E-state index < -0.39 is 39.7 Å². The number of carbonyl (C=O) groups is 1. The van der Waals surface area contributed by atoms with Crippen LogP contribution in [0, 0.1) is 23.0 Å². The molecular weight excluding hydrogens is 538 g/mol. The van der Waals surface area contributed by atoms with E-state index in [-0.39, 0.29) is 35.6 Å². The number of nitriles is 1. The Bertz CT molecular complexity index is 1600. The molecule has 0 radical (unpaired) electrons. The fourth-order valence-electron chi connectivity index (χ4n) is 5.33. The largest absolute Gasteiger partial charge is 0.492 e. The molecule has 216 valence electrons. The zero-order chi connectivity index (χ0) is 29.5. The lowest BCUT2D eigenvalue weighted by atomic mass is 9.87. The quantitative estimate of drug-likeness (QED) is 0.428. The molecule has 1 aromatic heterocycles. The van der Waals surface area contributed by atoms with Crippen LogP contribution in [0.4, 0.5) is 13.6 Å². The van der Waals surface area contributed by atoms with E-state index in [1.54, 1.807) is 11.0 Å². The van der Waals surface area contributed by atoms with Crippen LogP contribution >= 0.6 is 0 Å². The van der Waals surface area contributed by atoms with Crippen LogP contribution in [0.25, 0.3) is 10.9 Å². The number of hydrogen-bond donors (Lipinski definition) is 0. The van der Waals surface area contributed by atoms with Gasteiger partial charge in [-0.3, -0.25) is 9.36 Å². The van der Waals surface area contributed by atoms with Crippen molar-refractivity contribution in [3.63, 3.8) is 0 Å². The van der Waals surface area contributed by atoms with Crippen molar-refractivity contribution in [2.75, 3.05) is 26.8 Å². The third-order valence-corrected chi connectivity index (χ3v) is 7.37. The first-order valence-corrected chi connectivity index (χ1v) is 13.2. The van der Waals surface area contributed by atoms with Gasteiger partial charge in [-0.25, -0.2) is 18.6 Å². The molecule has 2 saturated heterocycles. The molecule has 2 fully saturated rings. The fourth-order valence-corrected chi connectivity index (χ4v) is 5.33. The van der Waals surface area contributed by atoms with E-state index in [1.165, 1.54) is 30.1 Å². The van der Waals surface area contributed by atoms with Crippen LogP contribution in [0.3, 0.4) is 0 Å². The minimum atomic E-state index is -0.945. The summed E-state index contributed by atoms with van der Waals surface area (Å²) in [6.07, 6.45) is 2.83. The maximum absolute atomic E-state index is 14.5. The molecular formula is C29H30F2N4O6. The summed E-state index contributed by atoms with van der Waals surface area (Å²) in [6, 6.07) is 5.87. The minimum Gasteiger partial charge on any atom is -0.492 e. The standard InChI is InChI=1S/C29H30F2N4O6/c1-28(2,3)41-27(37)34-11-9-29(10-12-34)13-17(15-39-29)35-16-33-21-7-8-22(25(38-4)23(21)26(35)36)40-24-18(14-32)19(30)5-6-20(24)31/h5-8,16-17H,9-13,15H2,1-4H3. The molecule has 0 saturated carbocycles. The molecule has 0 aliphatic carbocycles. The van der Waals surface area contributed by atoms with Crippen LogP contribution in [0.5, 0.6) is 17.2 Å². The number of nitrogens with zero attached hydrogens (tertiary/aromatic N) is 4. The number of methoxy groups -OCH3 is 1. The summed E-state index contributed by atoms with van der Waals surface area (Å²) in [5.74, 6) is -2.61. The van der Waals surface area contributed by atoms with Gasteiger partial charge in [0.15, 0.2) is 23.1 Å². The van der Waals surface area contributed by atoms with Gasteiger partial charge in [-0.1, -0.05) is 0 Å². The van der Waals surface area contributed by atoms with Gasteiger partial charge in [0.25, 0.3) is 5.56 Å². The summed E-state index contributed by atoms with van der Waals surface area (Å²) in [6.45, 7) is 6.69. The number of amides is 1. The molecule has 1 spiro atoms. The Balaban J connectivity index is 1.41. The lowest BCUT2D eigenvalue weighted by Gasteiger charge is -2.39. The van der Waals surface area contributed by atoms with Crippen LogP contribution in [0.15, 0.2) is 35.4 Å². The Morgan fingerprint density at radius 1 is 1.15 bits per heavy atom. The first-order valence-electron chi connectivity index (χ1n) is 13.2. The Labute approximate surface area is 235 Å². The van der Waals surface area contributed by atoms with Crippen molar-refractivity contribution in [3.8, 4) is 23.3 Å². The van der Waals surface area contributed by atoms with Crippen molar-refractivity contribution in [2.45, 2.75) is 57.3 Å². The highest BCUT2D eigenvalue weighted by Crippen LogP contribution is 2.42. The number of ether oxygens (including phenoxy) is 4. The SMILES string of the molecule is COc1c(Oc2c(F)ccc(F)c2C#N)ccc2ncn(C3COC4(CCN(C(=O)OC(C)(C)C)CC4)C3)c(=O)c12. The number of hydrogen-bond acceptors (Lipinski definition) is 8. The molecule has 2 aliphatic rings. The molecule has 10 nitrogen and oxygen atoms in total. The lowest BCUT2D eigenvalue weighted by molar-refractivity contribution is -0.0486. The van der Waals surface area contributed by atoms with Gasteiger partial charge in [-0.2, -0.15) is 5.26 Å². The van der Waals surface area contributed by atoms with Crippen molar-refractivity contribution < 1.29 is 32.5 Å². The second-order valence-electron chi connectivity index (χ2n) is 11.2. The number of likely N-dealkylation sites (tertiary alicyclic amines) is 1. The lowest BCUT2D eigenvalue weighted by Crippen LogP contribution is -2.48. The first kappa shape index (κ1) is 28.3. The molecule has 2 aliphatic heterocycles. The first-order chi connectivity index (χ1) is 19.4. The summed E-state index contributed by atoms with van der Waals surface area (Å²) < 4.78 is 52.9. The second-order valence-corrected chi connectivity index (χ2v) is 11.2. The van der Waals surface area contributed by atoms with Gasteiger partial charge >= 0.3 is 6.09 Å². The summed E-state index contributed by atoms with van der Waals surface area (Å²) in [7, 11) is 1.32. The van der Waals surface area contributed by atoms with Crippen molar-refractivity contribution in [1.82, 2.24) is 14.5 Å². The highest BCUT2D eigenvalue weighted by molar-refractivity contribution is 5.87. The zero-order valence-corrected chi connectivity index (χ0v) is 23.2. The normalized spacial score (nSPS) is 18.4. The molecule has 5 rings (SSSR count). The molecule has 1 unspecified atom stereocenters. The Morgan fingerprint density at radius 3 is 2.51 bits per heavy atom. The van der Waals surface area contributed by atoms with E-state index in [4.69, 9.17) is 18.9 Å². The van der Waals surface area contributed by atoms with Crippen molar-refractivity contribution in [3.05, 3.63) is 58.1 Å². The molecule has 0 bridgehead atoms. The van der Waals surface area contributed by atoms with Crippen LogP contribution in [0.1, 0.15) is 51.6 Å². The Hall–Kier alpha value is -4.24. The number of rotatable bonds is 4. The molecule has 12 heteroatoms. The van der Waals surface area contributed by atoms with Gasteiger partial charge in [0, 0.05) is 13.1 Å². The number of halogens is 2. The van der Waals surface area contributed by atoms with Gasteiger partial charge in [0.2, 0.25) is 0 Å². The summed E-state index contributed by atoms with van der Waals surface area (Å²) in [5, 5.41) is 9.41. The minimum absolute atomic E-state index is 0.0267. The number of carbonyl (C=O) groups excluding carboxylic acids is 1. The zero-order valence-electron chi connectivity index (χ0n) is 23.2. The number of fused-ring (bicyclic) bond motifs is 1. The van der Waals surface area contributed by atoms with Crippen LogP contribution in [-0.4, -0.2) is 58.6 Å². The topological polar surface area (TPSA) is 116 Å². The second kappa shape index (κ2) is 10.6. The van der Waals surface area contributed by atoms with Crippen molar-refractivity contribution in [1.29, 1.82) is 5.26 Å². The van der Waals surface area contributed by atoms with Crippen LogP contribution in [-0.2, 0) is 9.47 Å². The summed E-state index contributed by atoms with van der Waals surface area (Å²) in [4.78, 5) is 32.3. The number of aromatic nitrogens is 2. The van der Waals surface area contributed by atoms with Gasteiger partial charge in [0.1, 0.15) is 28.4 Å². The van der Waals surface area contributed by atoms with Gasteiger partial charge in [-0.05, 0) is 64.3 Å². The highest BCUT2D eigenvalue weighted by Gasteiger charge is 2.45. The maximum Gasteiger partial charge on any atom is 0.410 e. The Kier molecular flexibility index (Phi) is 7.33.